The van der Waals surface area contributed by atoms with Crippen LogP contribution in [0.1, 0.15) is 52.5 Å². The predicted molar refractivity (Wildman–Crippen MR) is 149 cm³/mol. The van der Waals surface area contributed by atoms with Gasteiger partial charge in [0.1, 0.15) is 5.41 Å². The Kier molecular flexibility index (Phi) is 6.21. The number of anilines is 1. The van der Waals surface area contributed by atoms with Crippen molar-refractivity contribution >= 4 is 29.1 Å². The molecule has 6 rings (SSSR count). The largest absolute Gasteiger partial charge is 0.504 e. The molecule has 0 radical (unpaired) electrons. The number of benzene rings is 1. The van der Waals surface area contributed by atoms with E-state index in [0.29, 0.717) is 34.4 Å². The molecular weight excluding hydrogens is 524 g/mol. The lowest BCUT2D eigenvalue weighted by Crippen LogP contribution is -2.56. The number of amides is 2. The van der Waals surface area contributed by atoms with Crippen LogP contribution in [0.2, 0.25) is 0 Å². The zero-order valence-electron chi connectivity index (χ0n) is 23.6. The Hall–Kier alpha value is -3.56. The summed E-state index contributed by atoms with van der Waals surface area (Å²) in [6.45, 7) is 7.23. The number of para-hydroxylation sites is 1. The van der Waals surface area contributed by atoms with Crippen molar-refractivity contribution in [3.05, 3.63) is 64.5 Å². The van der Waals surface area contributed by atoms with E-state index in [1.54, 1.807) is 51.1 Å². The Morgan fingerprint density at radius 1 is 1.00 bits per heavy atom. The van der Waals surface area contributed by atoms with E-state index in [9.17, 15) is 34.5 Å². The quantitative estimate of drug-likeness (QED) is 0.275. The van der Waals surface area contributed by atoms with Gasteiger partial charge in [0.2, 0.25) is 11.7 Å². The summed E-state index contributed by atoms with van der Waals surface area (Å²) in [5.41, 5.74) is -0.986. The molecule has 2 aliphatic heterocycles. The van der Waals surface area contributed by atoms with Crippen molar-refractivity contribution in [3.8, 4) is 0 Å². The first kappa shape index (κ1) is 27.6. The van der Waals surface area contributed by atoms with Crippen molar-refractivity contribution in [3.63, 3.8) is 0 Å². The fourth-order valence-electron chi connectivity index (χ4n) is 8.55. The second kappa shape index (κ2) is 9.22. The standard InChI is InChI=1S/C32H36N2O7/c1-14-8-7-10-20-26(36)16(3)15(2)25-22(13-31(41)19-9-5-6-11-21(19)33-29(31)39)34-30(40)32(20,25)23(35)12-18-24(14)17(4)27(37)28(18)38/h5-7,9-11,14,18,20,22,24-26,36-37,41H,8,12-13H2,1-4H3,(H,33,39)(H,34,40)/b10-7-/t14-,18+,20-,22-,24-,25-,26+,31+,32+/m0/s1. The van der Waals surface area contributed by atoms with E-state index in [2.05, 4.69) is 10.6 Å². The molecule has 41 heavy (non-hydrogen) atoms. The van der Waals surface area contributed by atoms with E-state index in [-0.39, 0.29) is 30.4 Å². The maximum atomic E-state index is 14.6. The van der Waals surface area contributed by atoms with Crippen LogP contribution in [0.4, 0.5) is 5.69 Å². The number of rotatable bonds is 2. The molecule has 5 aliphatic rings. The number of ketones is 2. The number of hydrogen-bond acceptors (Lipinski definition) is 7. The zero-order chi connectivity index (χ0) is 29.6. The highest BCUT2D eigenvalue weighted by atomic mass is 16.3. The van der Waals surface area contributed by atoms with E-state index < -0.39 is 64.3 Å². The maximum Gasteiger partial charge on any atom is 0.261 e. The fourth-order valence-corrected chi connectivity index (χ4v) is 8.55. The molecular formula is C32H36N2O7. The van der Waals surface area contributed by atoms with Crippen LogP contribution in [0.3, 0.4) is 0 Å². The lowest BCUT2D eigenvalue weighted by atomic mass is 9.53. The highest BCUT2D eigenvalue weighted by molar-refractivity contribution is 6.12. The lowest BCUT2D eigenvalue weighted by Gasteiger charge is -2.47. The van der Waals surface area contributed by atoms with E-state index in [1.165, 1.54) is 0 Å². The number of fused-ring (bicyclic) bond motifs is 2. The monoisotopic (exact) mass is 560 g/mol. The maximum absolute atomic E-state index is 14.6. The highest BCUT2D eigenvalue weighted by Crippen LogP contribution is 2.58. The fraction of sp³-hybridized carbons (Fsp3) is 0.500. The minimum Gasteiger partial charge on any atom is -0.504 e. The summed E-state index contributed by atoms with van der Waals surface area (Å²) in [7, 11) is 0. The van der Waals surface area contributed by atoms with Gasteiger partial charge >= 0.3 is 0 Å². The summed E-state index contributed by atoms with van der Waals surface area (Å²) in [4.78, 5) is 55.1. The van der Waals surface area contributed by atoms with E-state index in [4.69, 9.17) is 0 Å². The average molecular weight is 561 g/mol. The first-order chi connectivity index (χ1) is 19.3. The van der Waals surface area contributed by atoms with Crippen molar-refractivity contribution in [1.29, 1.82) is 0 Å². The molecule has 9 heteroatoms. The second-order valence-electron chi connectivity index (χ2n) is 12.6. The smallest absolute Gasteiger partial charge is 0.261 e. The van der Waals surface area contributed by atoms with E-state index in [0.717, 1.165) is 0 Å². The number of Topliss-reactive ketones (excluding diaryl/α,β-unsaturated/α-hetero) is 2. The Bertz CT molecular complexity index is 1490. The van der Waals surface area contributed by atoms with Crippen LogP contribution in [0.15, 0.2) is 58.9 Å². The Balaban J connectivity index is 1.48. The van der Waals surface area contributed by atoms with Crippen LogP contribution in [0, 0.1) is 35.0 Å². The summed E-state index contributed by atoms with van der Waals surface area (Å²) in [6, 6.07) is 6.01. The predicted octanol–water partition coefficient (Wildman–Crippen LogP) is 2.85. The molecule has 2 heterocycles. The number of allylic oxidation sites excluding steroid dienone is 3. The molecule has 1 fully saturated rings. The first-order valence-corrected chi connectivity index (χ1v) is 14.3. The van der Waals surface area contributed by atoms with Gasteiger partial charge in [0.15, 0.2) is 17.1 Å². The SMILES string of the molecule is CC1=C(O)C(=O)[C@@H]2CC(=O)[C@@]34C(=O)N[C@@H](C[C@]5(O)C(=O)Nc6ccccc65)[C@@H]3C(C)=C(C)[C@@H](O)[C@@H]4/C=C\C[C@H](C)[C@@H]12. The minimum absolute atomic E-state index is 0.0537. The molecule has 3 aliphatic carbocycles. The molecule has 1 spiro atoms. The summed E-state index contributed by atoms with van der Waals surface area (Å²) in [5.74, 6) is -5.39. The molecule has 0 aromatic heterocycles. The first-order valence-electron chi connectivity index (χ1n) is 14.3. The van der Waals surface area contributed by atoms with Crippen molar-refractivity contribution in [2.24, 2.45) is 35.0 Å². The van der Waals surface area contributed by atoms with Crippen LogP contribution in [0.25, 0.3) is 0 Å². The molecule has 1 saturated heterocycles. The van der Waals surface area contributed by atoms with Crippen LogP contribution >= 0.6 is 0 Å². The number of carbonyl (C=O) groups excluding carboxylic acids is 4. The highest BCUT2D eigenvalue weighted by Gasteiger charge is 2.68. The molecule has 0 unspecified atom stereocenters. The number of hydrogen-bond donors (Lipinski definition) is 5. The third-order valence-corrected chi connectivity index (χ3v) is 10.7. The third kappa shape index (κ3) is 3.54. The molecule has 9 atom stereocenters. The molecule has 0 bridgehead atoms. The van der Waals surface area contributed by atoms with Crippen LogP contribution in [0.5, 0.6) is 0 Å². The average Bonchev–Trinajstić information content (AvgIpc) is 3.45. The number of nitrogens with one attached hydrogen (secondary N) is 2. The van der Waals surface area contributed by atoms with Gasteiger partial charge in [-0.2, -0.15) is 0 Å². The summed E-state index contributed by atoms with van der Waals surface area (Å²) in [5, 5.41) is 39.5. The lowest BCUT2D eigenvalue weighted by molar-refractivity contribution is -0.149. The van der Waals surface area contributed by atoms with Crippen molar-refractivity contribution < 1.29 is 34.5 Å². The van der Waals surface area contributed by atoms with Crippen molar-refractivity contribution in [2.75, 3.05) is 5.32 Å². The van der Waals surface area contributed by atoms with Crippen molar-refractivity contribution in [2.45, 2.75) is 64.7 Å². The number of carbonyl (C=O) groups is 4. The van der Waals surface area contributed by atoms with Gasteiger partial charge in [-0.05, 0) is 56.2 Å². The Morgan fingerprint density at radius 2 is 1.71 bits per heavy atom. The van der Waals surface area contributed by atoms with Gasteiger partial charge in [-0.15, -0.1) is 0 Å². The Labute approximate surface area is 238 Å². The topological polar surface area (TPSA) is 153 Å². The second-order valence-corrected chi connectivity index (χ2v) is 12.6. The summed E-state index contributed by atoms with van der Waals surface area (Å²) >= 11 is 0. The molecule has 1 aromatic rings. The molecule has 1 aromatic carbocycles. The van der Waals surface area contributed by atoms with Gasteiger partial charge in [0.25, 0.3) is 5.91 Å². The summed E-state index contributed by atoms with van der Waals surface area (Å²) in [6.07, 6.45) is 2.59. The van der Waals surface area contributed by atoms with Crippen LogP contribution in [-0.2, 0) is 24.8 Å². The molecule has 216 valence electrons. The molecule has 9 nitrogen and oxygen atoms in total. The zero-order valence-corrected chi connectivity index (χ0v) is 23.6. The van der Waals surface area contributed by atoms with Crippen molar-refractivity contribution in [1.82, 2.24) is 5.32 Å². The minimum atomic E-state index is -1.94. The third-order valence-electron chi connectivity index (χ3n) is 10.7. The van der Waals surface area contributed by atoms with E-state index in [1.807, 2.05) is 13.0 Å². The van der Waals surface area contributed by atoms with Gasteiger partial charge in [-0.3, -0.25) is 19.2 Å². The van der Waals surface area contributed by atoms with Gasteiger partial charge in [-0.25, -0.2) is 0 Å². The van der Waals surface area contributed by atoms with Crippen LogP contribution in [-0.4, -0.2) is 50.8 Å². The van der Waals surface area contributed by atoms with E-state index >= 15 is 0 Å². The summed E-state index contributed by atoms with van der Waals surface area (Å²) < 4.78 is 0. The molecule has 5 N–H and O–H groups in total. The van der Waals surface area contributed by atoms with Gasteiger partial charge in [0.05, 0.1) is 6.10 Å². The molecule has 0 saturated carbocycles. The number of aliphatic hydroxyl groups excluding tert-OH is 2. The Morgan fingerprint density at radius 3 is 2.44 bits per heavy atom. The number of aliphatic hydroxyl groups is 3. The normalized spacial score (nSPS) is 41.0. The van der Waals surface area contributed by atoms with Crippen LogP contribution < -0.4 is 10.6 Å². The van der Waals surface area contributed by atoms with Gasteiger partial charge in [0, 0.05) is 47.9 Å². The molecule has 2 amide bonds. The van der Waals surface area contributed by atoms with Gasteiger partial charge < -0.3 is 26.0 Å². The van der Waals surface area contributed by atoms with Gasteiger partial charge in [-0.1, -0.05) is 42.8 Å².